The van der Waals surface area contributed by atoms with Crippen LogP contribution in [0, 0.1) is 5.82 Å². The largest absolute Gasteiger partial charge is 0.484 e. The van der Waals surface area contributed by atoms with Gasteiger partial charge >= 0.3 is 11.9 Å². The zero-order valence-corrected chi connectivity index (χ0v) is 25.5. The lowest BCUT2D eigenvalue weighted by Crippen LogP contribution is -2.71. The number of carbonyl (C=O) groups excluding carboxylic acids is 3. The molecule has 0 saturated carbocycles. The Morgan fingerprint density at radius 1 is 1.02 bits per heavy atom. The van der Waals surface area contributed by atoms with Gasteiger partial charge in [-0.1, -0.05) is 18.2 Å². The van der Waals surface area contributed by atoms with Gasteiger partial charge in [-0.2, -0.15) is 0 Å². The van der Waals surface area contributed by atoms with Crippen LogP contribution in [-0.2, 0) is 19.1 Å². The van der Waals surface area contributed by atoms with E-state index >= 15 is 0 Å². The number of hydrogen-bond acceptors (Lipinski definition) is 10. The standard InChI is InChI=1S/C33H24FN3O10S/c34-18-6-8-19(9-7-18)36-12-22(29(39)21-10-24-25(11-23(21)36)47-16-46-24)33(43)45-13-17-15-48-31-27(30(40)37(31)28(17)32(41)42)35-26(38)14-44-20-4-2-1-3-5-20/h1-12,27,31H,13-16H2,(H,35,38)(H,41,42)/t27-,31?/m1/s1. The minimum atomic E-state index is -1.42. The number of fused-ring (bicyclic) bond motifs is 3. The molecule has 7 rings (SSSR count). The van der Waals surface area contributed by atoms with Gasteiger partial charge in [0.1, 0.15) is 40.8 Å². The van der Waals surface area contributed by atoms with Crippen LogP contribution in [0.1, 0.15) is 10.4 Å². The molecule has 2 atom stereocenters. The number of amides is 2. The predicted octanol–water partition coefficient (Wildman–Crippen LogP) is 2.83. The lowest BCUT2D eigenvalue weighted by Gasteiger charge is -2.49. The highest BCUT2D eigenvalue weighted by atomic mass is 32.2. The van der Waals surface area contributed by atoms with E-state index in [2.05, 4.69) is 5.32 Å². The molecule has 4 aromatic rings. The molecule has 3 aromatic carbocycles. The molecule has 15 heteroatoms. The van der Waals surface area contributed by atoms with Crippen molar-refractivity contribution >= 4 is 46.4 Å². The zero-order chi connectivity index (χ0) is 33.5. The number of para-hydroxylation sites is 1. The monoisotopic (exact) mass is 673 g/mol. The number of halogens is 1. The highest BCUT2D eigenvalue weighted by Crippen LogP contribution is 2.40. The Morgan fingerprint density at radius 3 is 2.48 bits per heavy atom. The number of esters is 1. The topological polar surface area (TPSA) is 163 Å². The second-order valence-electron chi connectivity index (χ2n) is 10.8. The van der Waals surface area contributed by atoms with E-state index in [1.165, 1.54) is 52.9 Å². The average Bonchev–Trinajstić information content (AvgIpc) is 3.56. The summed E-state index contributed by atoms with van der Waals surface area (Å²) in [6, 6.07) is 16.1. The number of aromatic nitrogens is 1. The van der Waals surface area contributed by atoms with E-state index in [0.717, 1.165) is 4.90 Å². The lowest BCUT2D eigenvalue weighted by atomic mass is 10.0. The summed E-state index contributed by atoms with van der Waals surface area (Å²) in [5, 5.41) is 12.0. The van der Waals surface area contributed by atoms with Crippen molar-refractivity contribution in [3.8, 4) is 22.9 Å². The molecule has 3 aliphatic heterocycles. The quantitative estimate of drug-likeness (QED) is 0.199. The molecule has 1 aromatic heterocycles. The molecular formula is C33H24FN3O10S. The number of hydrogen-bond donors (Lipinski definition) is 2. The summed E-state index contributed by atoms with van der Waals surface area (Å²) in [5.41, 5.74) is -0.481. The van der Waals surface area contributed by atoms with Gasteiger partial charge in [0.25, 0.3) is 11.8 Å². The number of rotatable bonds is 9. The number of ether oxygens (including phenoxy) is 4. The number of aliphatic carboxylic acids is 1. The number of nitrogens with one attached hydrogen (secondary N) is 1. The number of thioether (sulfide) groups is 1. The SMILES string of the molecule is O=C(COc1ccccc1)N[C@@H]1C(=O)N2C(C(=O)O)=C(COC(=O)c3cn(-c4ccc(F)cc4)c4cc5c(cc4c3=O)OCO5)CSC12. The minimum absolute atomic E-state index is 0.0551. The van der Waals surface area contributed by atoms with Crippen molar-refractivity contribution in [2.75, 3.05) is 25.8 Å². The number of pyridine rings is 1. The Hall–Kier alpha value is -5.83. The van der Waals surface area contributed by atoms with Crippen molar-refractivity contribution in [2.24, 2.45) is 0 Å². The molecule has 244 valence electrons. The smallest absolute Gasteiger partial charge is 0.352 e. The minimum Gasteiger partial charge on any atom is -0.484 e. The first-order chi connectivity index (χ1) is 23.2. The average molecular weight is 674 g/mol. The maximum atomic E-state index is 13.7. The first-order valence-corrected chi connectivity index (χ1v) is 15.5. The number of β-lactam (4-membered cyclic amide) rings is 1. The van der Waals surface area contributed by atoms with Crippen LogP contribution in [0.15, 0.2) is 89.0 Å². The van der Waals surface area contributed by atoms with Gasteiger partial charge < -0.3 is 33.9 Å². The van der Waals surface area contributed by atoms with Gasteiger partial charge in [-0.25, -0.2) is 14.0 Å². The Kier molecular flexibility index (Phi) is 7.96. The summed E-state index contributed by atoms with van der Waals surface area (Å²) < 4.78 is 37.0. The van der Waals surface area contributed by atoms with E-state index < -0.39 is 53.0 Å². The summed E-state index contributed by atoms with van der Waals surface area (Å²) in [5.74, 6) is -2.91. The van der Waals surface area contributed by atoms with E-state index in [1.54, 1.807) is 36.4 Å². The van der Waals surface area contributed by atoms with Crippen LogP contribution in [0.25, 0.3) is 16.6 Å². The van der Waals surface area contributed by atoms with Gasteiger partial charge in [0, 0.05) is 29.3 Å². The molecule has 1 fully saturated rings. The molecule has 1 saturated heterocycles. The van der Waals surface area contributed by atoms with Crippen LogP contribution < -0.4 is 25.0 Å². The van der Waals surface area contributed by atoms with Gasteiger partial charge in [-0.3, -0.25) is 19.3 Å². The Bertz CT molecular complexity index is 2080. The van der Waals surface area contributed by atoms with Crippen LogP contribution >= 0.6 is 11.8 Å². The normalized spacial score (nSPS) is 17.9. The van der Waals surface area contributed by atoms with E-state index in [9.17, 15) is 33.5 Å². The molecule has 3 aliphatic rings. The predicted molar refractivity (Wildman–Crippen MR) is 168 cm³/mol. The number of carboxylic acids is 1. The molecular weight excluding hydrogens is 649 g/mol. The molecule has 13 nitrogen and oxygen atoms in total. The van der Waals surface area contributed by atoms with Crippen LogP contribution in [-0.4, -0.2) is 75.5 Å². The lowest BCUT2D eigenvalue weighted by molar-refractivity contribution is -0.151. The Labute approximate surface area is 274 Å². The first-order valence-electron chi connectivity index (χ1n) is 14.5. The zero-order valence-electron chi connectivity index (χ0n) is 24.7. The molecule has 2 N–H and O–H groups in total. The molecule has 0 spiro atoms. The van der Waals surface area contributed by atoms with E-state index in [4.69, 9.17) is 18.9 Å². The fraction of sp³-hybridized carbons (Fsp3) is 0.182. The van der Waals surface area contributed by atoms with Crippen LogP contribution in [0.3, 0.4) is 0 Å². The Balaban J connectivity index is 1.10. The van der Waals surface area contributed by atoms with Crippen molar-refractivity contribution in [1.82, 2.24) is 14.8 Å². The Morgan fingerprint density at radius 2 is 1.75 bits per heavy atom. The fourth-order valence-electron chi connectivity index (χ4n) is 5.58. The van der Waals surface area contributed by atoms with Gasteiger partial charge in [0.15, 0.2) is 18.1 Å². The molecule has 4 heterocycles. The third-order valence-electron chi connectivity index (χ3n) is 7.88. The number of carboxylic acid groups (broad SMARTS) is 1. The number of carbonyl (C=O) groups is 4. The molecule has 0 bridgehead atoms. The summed E-state index contributed by atoms with van der Waals surface area (Å²) in [6.07, 6.45) is 1.26. The fourth-order valence-corrected chi connectivity index (χ4v) is 6.91. The van der Waals surface area contributed by atoms with Gasteiger partial charge in [0.2, 0.25) is 12.2 Å². The van der Waals surface area contributed by atoms with E-state index in [-0.39, 0.29) is 41.4 Å². The van der Waals surface area contributed by atoms with Crippen molar-refractivity contribution in [3.05, 3.63) is 106 Å². The molecule has 2 amide bonds. The van der Waals surface area contributed by atoms with Crippen molar-refractivity contribution in [1.29, 1.82) is 0 Å². The highest BCUT2D eigenvalue weighted by Gasteiger charge is 2.54. The number of nitrogens with zero attached hydrogens (tertiary/aromatic N) is 2. The van der Waals surface area contributed by atoms with Gasteiger partial charge in [-0.15, -0.1) is 11.8 Å². The maximum Gasteiger partial charge on any atom is 0.352 e. The third kappa shape index (κ3) is 5.57. The maximum absolute atomic E-state index is 13.7. The van der Waals surface area contributed by atoms with Crippen LogP contribution in [0.4, 0.5) is 4.39 Å². The van der Waals surface area contributed by atoms with Crippen LogP contribution in [0.2, 0.25) is 0 Å². The summed E-state index contributed by atoms with van der Waals surface area (Å²) in [4.78, 5) is 65.8. The van der Waals surface area contributed by atoms with Gasteiger partial charge in [0.05, 0.1) is 10.9 Å². The number of benzene rings is 3. The molecule has 0 radical (unpaired) electrons. The van der Waals surface area contributed by atoms with Crippen LogP contribution in [0.5, 0.6) is 17.2 Å². The summed E-state index contributed by atoms with van der Waals surface area (Å²) in [6.45, 7) is -0.920. The third-order valence-corrected chi connectivity index (χ3v) is 9.22. The highest BCUT2D eigenvalue weighted by molar-refractivity contribution is 8.00. The van der Waals surface area contributed by atoms with Crippen molar-refractivity contribution in [3.63, 3.8) is 0 Å². The summed E-state index contributed by atoms with van der Waals surface area (Å²) in [7, 11) is 0. The first kappa shape index (κ1) is 30.8. The van der Waals surface area contributed by atoms with E-state index in [0.29, 0.717) is 28.5 Å². The molecule has 48 heavy (non-hydrogen) atoms. The van der Waals surface area contributed by atoms with E-state index in [1.807, 2.05) is 0 Å². The van der Waals surface area contributed by atoms with Gasteiger partial charge in [-0.05, 0) is 42.5 Å². The van der Waals surface area contributed by atoms with Crippen molar-refractivity contribution < 1.29 is 47.6 Å². The van der Waals surface area contributed by atoms with Crippen molar-refractivity contribution in [2.45, 2.75) is 11.4 Å². The summed E-state index contributed by atoms with van der Waals surface area (Å²) >= 11 is 1.19. The second kappa shape index (κ2) is 12.4. The second-order valence-corrected chi connectivity index (χ2v) is 11.9. The molecule has 1 unspecified atom stereocenters. The molecule has 0 aliphatic carbocycles.